The van der Waals surface area contributed by atoms with E-state index in [0.29, 0.717) is 52.3 Å². The molecule has 0 radical (unpaired) electrons. The number of carbonyl (C=O) groups excluding carboxylic acids is 3. The summed E-state index contributed by atoms with van der Waals surface area (Å²) in [5, 5.41) is 0. The summed E-state index contributed by atoms with van der Waals surface area (Å²) in [7, 11) is 3.02. The second-order valence-corrected chi connectivity index (χ2v) is 10.6. The lowest BCUT2D eigenvalue weighted by Crippen LogP contribution is -2.17. The first-order chi connectivity index (χ1) is 22.2. The maximum Gasteiger partial charge on any atom is 0.343 e. The van der Waals surface area contributed by atoms with Gasteiger partial charge in [0.25, 0.3) is 0 Å². The Morgan fingerprint density at radius 3 is 1.96 bits per heavy atom. The number of benzene rings is 4. The standard InChI is InChI=1S/C37H34O9/c1-22-31(43-23(2)38)20-34(46-37(40)26-14-10-7-11-15-26)28(35(22)42-5)16-17-29-33(44-24(3)39)21-32(41-4)27-18-19-30(45-36(27)29)25-12-8-6-9-13-25/h6-17,20-21,30H,18-19H2,1-5H3. The van der Waals surface area contributed by atoms with E-state index in [2.05, 4.69) is 0 Å². The zero-order chi connectivity index (χ0) is 32.8. The molecule has 0 N–H and O–H groups in total. The lowest BCUT2D eigenvalue weighted by molar-refractivity contribution is -0.132. The fourth-order valence-corrected chi connectivity index (χ4v) is 5.40. The SMILES string of the molecule is COc1cc(OC(C)=O)c(C=Cc2c(OC(=O)c3ccccc3)cc(OC(C)=O)c(C)c2OC)c2c1CCC(c1ccccc1)O2. The number of hydrogen-bond donors (Lipinski definition) is 0. The lowest BCUT2D eigenvalue weighted by Gasteiger charge is -2.30. The molecule has 0 bridgehead atoms. The van der Waals surface area contributed by atoms with Crippen molar-refractivity contribution in [2.45, 2.75) is 39.7 Å². The fourth-order valence-electron chi connectivity index (χ4n) is 5.40. The Bertz CT molecular complexity index is 1790. The minimum atomic E-state index is -0.619. The van der Waals surface area contributed by atoms with Gasteiger partial charge in [0, 0.05) is 37.1 Å². The van der Waals surface area contributed by atoms with Crippen molar-refractivity contribution >= 4 is 30.1 Å². The van der Waals surface area contributed by atoms with Crippen LogP contribution in [0.1, 0.15) is 64.5 Å². The van der Waals surface area contributed by atoms with Gasteiger partial charge in [-0.15, -0.1) is 0 Å². The van der Waals surface area contributed by atoms with Gasteiger partial charge in [-0.3, -0.25) is 9.59 Å². The number of ether oxygens (including phenoxy) is 6. The van der Waals surface area contributed by atoms with Crippen LogP contribution in [0.3, 0.4) is 0 Å². The molecule has 1 heterocycles. The van der Waals surface area contributed by atoms with E-state index in [1.165, 1.54) is 27.0 Å². The molecule has 1 unspecified atom stereocenters. The molecule has 46 heavy (non-hydrogen) atoms. The summed E-state index contributed by atoms with van der Waals surface area (Å²) in [6, 6.07) is 21.5. The van der Waals surface area contributed by atoms with Crippen LogP contribution in [0.2, 0.25) is 0 Å². The number of methoxy groups -OCH3 is 2. The monoisotopic (exact) mass is 622 g/mol. The Morgan fingerprint density at radius 2 is 1.33 bits per heavy atom. The van der Waals surface area contributed by atoms with Gasteiger partial charge in [0.2, 0.25) is 0 Å². The van der Waals surface area contributed by atoms with E-state index in [-0.39, 0.29) is 23.4 Å². The topological polar surface area (TPSA) is 107 Å². The van der Waals surface area contributed by atoms with Crippen molar-refractivity contribution in [2.75, 3.05) is 14.2 Å². The first-order valence-corrected chi connectivity index (χ1v) is 14.7. The highest BCUT2D eigenvalue weighted by molar-refractivity contribution is 5.93. The first-order valence-electron chi connectivity index (χ1n) is 14.7. The maximum atomic E-state index is 13.2. The van der Waals surface area contributed by atoms with Crippen LogP contribution < -0.4 is 28.4 Å². The summed E-state index contributed by atoms with van der Waals surface area (Å²) >= 11 is 0. The molecule has 0 spiro atoms. The van der Waals surface area contributed by atoms with E-state index in [1.807, 2.05) is 30.3 Å². The van der Waals surface area contributed by atoms with Crippen LogP contribution in [0.4, 0.5) is 0 Å². The van der Waals surface area contributed by atoms with Crippen molar-refractivity contribution in [1.82, 2.24) is 0 Å². The summed E-state index contributed by atoms with van der Waals surface area (Å²) in [6.45, 7) is 4.32. The van der Waals surface area contributed by atoms with E-state index in [0.717, 1.165) is 11.1 Å². The van der Waals surface area contributed by atoms with Gasteiger partial charge in [-0.05, 0) is 49.6 Å². The van der Waals surface area contributed by atoms with E-state index in [4.69, 9.17) is 28.4 Å². The normalized spacial score (nSPS) is 13.7. The second kappa shape index (κ2) is 14.0. The molecule has 1 aliphatic heterocycles. The molecule has 0 amide bonds. The van der Waals surface area contributed by atoms with E-state index in [9.17, 15) is 14.4 Å². The predicted octanol–water partition coefficient (Wildman–Crippen LogP) is 7.32. The predicted molar refractivity (Wildman–Crippen MR) is 172 cm³/mol. The quantitative estimate of drug-likeness (QED) is 0.108. The molecule has 1 atom stereocenters. The van der Waals surface area contributed by atoms with Crippen LogP contribution in [0, 0.1) is 6.92 Å². The first kappa shape index (κ1) is 31.8. The Morgan fingerprint density at radius 1 is 0.739 bits per heavy atom. The molecule has 0 saturated carbocycles. The van der Waals surface area contributed by atoms with E-state index in [1.54, 1.807) is 62.6 Å². The smallest absolute Gasteiger partial charge is 0.343 e. The van der Waals surface area contributed by atoms with E-state index < -0.39 is 17.9 Å². The minimum Gasteiger partial charge on any atom is -0.496 e. The third-order valence-electron chi connectivity index (χ3n) is 7.47. The molecular weight excluding hydrogens is 588 g/mol. The van der Waals surface area contributed by atoms with Crippen molar-refractivity contribution in [2.24, 2.45) is 0 Å². The highest BCUT2D eigenvalue weighted by Crippen LogP contribution is 2.48. The van der Waals surface area contributed by atoms with Gasteiger partial charge in [-0.25, -0.2) is 4.79 Å². The van der Waals surface area contributed by atoms with Gasteiger partial charge < -0.3 is 28.4 Å². The van der Waals surface area contributed by atoms with Crippen LogP contribution in [0.5, 0.6) is 34.5 Å². The fraction of sp³-hybridized carbons (Fsp3) is 0.216. The molecule has 4 aromatic rings. The Labute approximate surface area is 267 Å². The van der Waals surface area contributed by atoms with Crippen LogP contribution in [-0.4, -0.2) is 32.1 Å². The molecule has 4 aromatic carbocycles. The highest BCUT2D eigenvalue weighted by atomic mass is 16.6. The van der Waals surface area contributed by atoms with Gasteiger partial charge >= 0.3 is 17.9 Å². The molecule has 1 aliphatic rings. The van der Waals surface area contributed by atoms with Gasteiger partial charge in [0.05, 0.1) is 30.9 Å². The van der Waals surface area contributed by atoms with Gasteiger partial charge in [-0.1, -0.05) is 48.5 Å². The van der Waals surface area contributed by atoms with Crippen molar-refractivity contribution in [1.29, 1.82) is 0 Å². The second-order valence-electron chi connectivity index (χ2n) is 10.6. The summed E-state index contributed by atoms with van der Waals surface area (Å²) in [5.74, 6) is 0.143. The molecular formula is C37H34O9. The van der Waals surface area contributed by atoms with Crippen LogP contribution in [-0.2, 0) is 16.0 Å². The third-order valence-corrected chi connectivity index (χ3v) is 7.47. The summed E-state index contributed by atoms with van der Waals surface area (Å²) < 4.78 is 35.0. The maximum absolute atomic E-state index is 13.2. The zero-order valence-corrected chi connectivity index (χ0v) is 26.2. The number of hydrogen-bond acceptors (Lipinski definition) is 9. The molecule has 236 valence electrons. The molecule has 0 aromatic heterocycles. The van der Waals surface area contributed by atoms with E-state index >= 15 is 0 Å². The molecule has 0 saturated heterocycles. The summed E-state index contributed by atoms with van der Waals surface area (Å²) in [5.41, 5.74) is 3.54. The Hall–Kier alpha value is -5.57. The van der Waals surface area contributed by atoms with Crippen molar-refractivity contribution in [3.8, 4) is 34.5 Å². The number of carbonyl (C=O) groups is 3. The molecule has 9 nitrogen and oxygen atoms in total. The highest BCUT2D eigenvalue weighted by Gasteiger charge is 2.29. The number of esters is 3. The number of rotatable bonds is 9. The number of fused-ring (bicyclic) bond motifs is 1. The molecule has 5 rings (SSSR count). The average Bonchev–Trinajstić information content (AvgIpc) is 3.05. The van der Waals surface area contributed by atoms with Gasteiger partial charge in [-0.2, -0.15) is 0 Å². The van der Waals surface area contributed by atoms with Gasteiger partial charge in [0.15, 0.2) is 0 Å². The Balaban J connectivity index is 1.67. The van der Waals surface area contributed by atoms with Gasteiger partial charge in [0.1, 0.15) is 40.6 Å². The third kappa shape index (κ3) is 6.89. The zero-order valence-electron chi connectivity index (χ0n) is 26.2. The molecule has 9 heteroatoms. The largest absolute Gasteiger partial charge is 0.496 e. The lowest BCUT2D eigenvalue weighted by atomic mass is 9.93. The Kier molecular flexibility index (Phi) is 9.71. The van der Waals surface area contributed by atoms with Crippen LogP contribution in [0.15, 0.2) is 72.8 Å². The van der Waals surface area contributed by atoms with Crippen LogP contribution in [0.25, 0.3) is 12.2 Å². The molecule has 0 fully saturated rings. The summed E-state index contributed by atoms with van der Waals surface area (Å²) in [4.78, 5) is 37.3. The van der Waals surface area contributed by atoms with Crippen molar-refractivity contribution < 1.29 is 42.8 Å². The molecule has 0 aliphatic carbocycles. The minimum absolute atomic E-state index is 0.0864. The average molecular weight is 623 g/mol. The summed E-state index contributed by atoms with van der Waals surface area (Å²) in [6.07, 6.45) is 4.51. The van der Waals surface area contributed by atoms with Crippen LogP contribution >= 0.6 is 0 Å². The van der Waals surface area contributed by atoms with Crippen molar-refractivity contribution in [3.05, 3.63) is 106 Å². The van der Waals surface area contributed by atoms with Crippen molar-refractivity contribution in [3.63, 3.8) is 0 Å².